The number of carbonyl (C=O) groups is 1. The molecule has 0 saturated carbocycles. The van der Waals surface area contributed by atoms with E-state index in [1.165, 1.54) is 31.3 Å². The number of benzene rings is 2. The summed E-state index contributed by atoms with van der Waals surface area (Å²) >= 11 is 6.08. The van der Waals surface area contributed by atoms with Gasteiger partial charge in [-0.25, -0.2) is 12.8 Å². The Morgan fingerprint density at radius 1 is 1.21 bits per heavy atom. The Hall–Kier alpha value is -2.38. The van der Waals surface area contributed by atoms with Gasteiger partial charge in [0.1, 0.15) is 0 Å². The van der Waals surface area contributed by atoms with Crippen molar-refractivity contribution in [2.45, 2.75) is 22.7 Å². The molecule has 0 radical (unpaired) electrons. The summed E-state index contributed by atoms with van der Waals surface area (Å²) in [7, 11) is -3.33. The fraction of sp³-hybridized carbons (Fsp3) is 0.250. The SMILES string of the molecule is CNC(=O)[C@](F)([C@H]1Cc2[nH]c3ccc(Cl)cc3c2C1)S(=O)(=O)c1ccccc1. The van der Waals surface area contributed by atoms with Gasteiger partial charge in [0, 0.05) is 34.6 Å². The lowest BCUT2D eigenvalue weighted by atomic mass is 9.98. The highest BCUT2D eigenvalue weighted by Gasteiger charge is 2.59. The van der Waals surface area contributed by atoms with Gasteiger partial charge in [-0.2, -0.15) is 0 Å². The van der Waals surface area contributed by atoms with E-state index in [-0.39, 0.29) is 17.7 Å². The number of aromatic amines is 1. The fourth-order valence-electron chi connectivity index (χ4n) is 3.98. The number of halogens is 2. The van der Waals surface area contributed by atoms with Gasteiger partial charge in [0.2, 0.25) is 9.84 Å². The number of H-pyrrole nitrogens is 1. The maximum Gasteiger partial charge on any atom is 0.295 e. The quantitative estimate of drug-likeness (QED) is 0.678. The van der Waals surface area contributed by atoms with Crippen molar-refractivity contribution in [2.75, 3.05) is 7.05 Å². The van der Waals surface area contributed by atoms with Gasteiger partial charge in [-0.3, -0.25) is 4.79 Å². The van der Waals surface area contributed by atoms with E-state index in [0.717, 1.165) is 22.2 Å². The summed E-state index contributed by atoms with van der Waals surface area (Å²) in [6.45, 7) is 0. The van der Waals surface area contributed by atoms with Crippen LogP contribution in [0.4, 0.5) is 4.39 Å². The summed E-state index contributed by atoms with van der Waals surface area (Å²) in [4.78, 5) is 15.5. The van der Waals surface area contributed by atoms with Crippen LogP contribution in [0, 0.1) is 5.92 Å². The van der Waals surface area contributed by atoms with Gasteiger partial charge in [-0.1, -0.05) is 29.8 Å². The average Bonchev–Trinajstić information content (AvgIpc) is 3.25. The monoisotopic (exact) mass is 420 g/mol. The number of aromatic nitrogens is 1. The Bertz CT molecular complexity index is 1180. The second-order valence-electron chi connectivity index (χ2n) is 6.92. The molecule has 4 rings (SSSR count). The molecule has 2 atom stereocenters. The third kappa shape index (κ3) is 2.64. The van der Waals surface area contributed by atoms with Crippen LogP contribution in [0.5, 0.6) is 0 Å². The predicted octanol–water partition coefficient (Wildman–Crippen LogP) is 3.42. The number of fused-ring (bicyclic) bond motifs is 3. The molecule has 28 heavy (non-hydrogen) atoms. The van der Waals surface area contributed by atoms with Crippen LogP contribution in [0.1, 0.15) is 11.3 Å². The number of amides is 1. The van der Waals surface area contributed by atoms with Crippen molar-refractivity contribution in [1.29, 1.82) is 0 Å². The molecule has 0 bridgehead atoms. The summed E-state index contributed by atoms with van der Waals surface area (Å²) in [6.07, 6.45) is 0.225. The molecular formula is C20H18ClFN2O3S. The molecule has 5 nitrogen and oxygen atoms in total. The summed E-state index contributed by atoms with van der Waals surface area (Å²) in [5, 5.41) is 0.465. The molecule has 2 N–H and O–H groups in total. The first-order valence-corrected chi connectivity index (χ1v) is 10.6. The number of carbonyl (C=O) groups excluding carboxylic acids is 1. The van der Waals surface area contributed by atoms with Crippen molar-refractivity contribution in [3.8, 4) is 0 Å². The van der Waals surface area contributed by atoms with E-state index >= 15 is 4.39 Å². The molecular weight excluding hydrogens is 403 g/mol. The lowest BCUT2D eigenvalue weighted by Gasteiger charge is -2.29. The highest BCUT2D eigenvalue weighted by Crippen LogP contribution is 2.44. The van der Waals surface area contributed by atoms with Gasteiger partial charge < -0.3 is 10.3 Å². The van der Waals surface area contributed by atoms with Crippen molar-refractivity contribution in [3.63, 3.8) is 0 Å². The van der Waals surface area contributed by atoms with Crippen LogP contribution < -0.4 is 5.32 Å². The van der Waals surface area contributed by atoms with Crippen molar-refractivity contribution >= 4 is 38.2 Å². The smallest absolute Gasteiger partial charge is 0.295 e. The first-order valence-electron chi connectivity index (χ1n) is 8.78. The molecule has 1 aliphatic carbocycles. The van der Waals surface area contributed by atoms with Crippen molar-refractivity contribution < 1.29 is 17.6 Å². The Morgan fingerprint density at radius 3 is 2.61 bits per heavy atom. The van der Waals surface area contributed by atoms with E-state index in [4.69, 9.17) is 11.6 Å². The Balaban J connectivity index is 1.81. The largest absolute Gasteiger partial charge is 0.358 e. The Kier molecular flexibility index (Phi) is 4.47. The maximum absolute atomic E-state index is 16.2. The normalized spacial score (nSPS) is 18.6. The lowest BCUT2D eigenvalue weighted by Crippen LogP contribution is -2.53. The van der Waals surface area contributed by atoms with E-state index in [0.29, 0.717) is 5.02 Å². The van der Waals surface area contributed by atoms with E-state index in [1.807, 2.05) is 6.07 Å². The molecule has 146 valence electrons. The standard InChI is InChI=1S/C20H18ClFN2O3S/c1-23-19(25)20(22,28(26,27)14-5-3-2-4-6-14)12-9-15-16-11-13(21)7-8-17(16)24-18(15)10-12/h2-8,11-12,24H,9-10H2,1H3,(H,23,25)/t12-,20+/m1/s1. The molecule has 1 aromatic heterocycles. The van der Waals surface area contributed by atoms with E-state index < -0.39 is 26.7 Å². The predicted molar refractivity (Wildman–Crippen MR) is 106 cm³/mol. The van der Waals surface area contributed by atoms with Gasteiger partial charge in [0.05, 0.1) is 4.90 Å². The number of hydrogen-bond acceptors (Lipinski definition) is 3. The molecule has 2 aromatic carbocycles. The minimum absolute atomic E-state index is 0.109. The molecule has 1 aliphatic rings. The molecule has 3 aromatic rings. The van der Waals surface area contributed by atoms with Gasteiger partial charge in [-0.15, -0.1) is 0 Å². The van der Waals surface area contributed by atoms with Crippen molar-refractivity contribution in [1.82, 2.24) is 10.3 Å². The first-order chi connectivity index (χ1) is 13.3. The van der Waals surface area contributed by atoms with Crippen LogP contribution in [0.15, 0.2) is 53.4 Å². The fourth-order valence-corrected chi connectivity index (χ4v) is 5.96. The molecule has 0 fully saturated rings. The van der Waals surface area contributed by atoms with Crippen molar-refractivity contribution in [3.05, 3.63) is 64.8 Å². The van der Waals surface area contributed by atoms with E-state index in [2.05, 4.69) is 10.3 Å². The van der Waals surface area contributed by atoms with E-state index in [9.17, 15) is 13.2 Å². The van der Waals surface area contributed by atoms with Crippen LogP contribution in [-0.4, -0.2) is 31.4 Å². The van der Waals surface area contributed by atoms with Gasteiger partial charge >= 0.3 is 0 Å². The summed E-state index contributed by atoms with van der Waals surface area (Å²) in [5.41, 5.74) is 2.39. The maximum atomic E-state index is 16.2. The van der Waals surface area contributed by atoms with Crippen LogP contribution >= 0.6 is 11.6 Å². The van der Waals surface area contributed by atoms with Crippen molar-refractivity contribution in [2.24, 2.45) is 5.92 Å². The number of alkyl halides is 1. The first kappa shape index (κ1) is 19.0. The minimum atomic E-state index is -4.57. The second kappa shape index (κ2) is 6.60. The lowest BCUT2D eigenvalue weighted by molar-refractivity contribution is -0.129. The zero-order valence-corrected chi connectivity index (χ0v) is 16.6. The number of nitrogens with one attached hydrogen (secondary N) is 2. The summed E-state index contributed by atoms with van der Waals surface area (Å²) in [6, 6.07) is 12.6. The highest BCUT2D eigenvalue weighted by molar-refractivity contribution is 7.93. The molecule has 0 aliphatic heterocycles. The molecule has 1 amide bonds. The van der Waals surface area contributed by atoms with Crippen LogP contribution in [0.2, 0.25) is 5.02 Å². The van der Waals surface area contributed by atoms with Gasteiger partial charge in [0.25, 0.3) is 10.9 Å². The minimum Gasteiger partial charge on any atom is -0.358 e. The summed E-state index contributed by atoms with van der Waals surface area (Å²) in [5.74, 6) is -2.21. The number of rotatable bonds is 4. The van der Waals surface area contributed by atoms with Crippen LogP contribution in [0.3, 0.4) is 0 Å². The second-order valence-corrected chi connectivity index (χ2v) is 9.43. The zero-order valence-electron chi connectivity index (χ0n) is 15.0. The molecule has 8 heteroatoms. The van der Waals surface area contributed by atoms with Gasteiger partial charge in [-0.05, 0) is 48.7 Å². The van der Waals surface area contributed by atoms with Gasteiger partial charge in [0.15, 0.2) is 0 Å². The molecule has 0 saturated heterocycles. The molecule has 1 heterocycles. The van der Waals surface area contributed by atoms with E-state index in [1.54, 1.807) is 18.2 Å². The Morgan fingerprint density at radius 2 is 1.93 bits per heavy atom. The van der Waals surface area contributed by atoms with Crippen LogP contribution in [-0.2, 0) is 27.5 Å². The highest BCUT2D eigenvalue weighted by atomic mass is 35.5. The third-order valence-corrected chi connectivity index (χ3v) is 7.79. The molecule has 0 unspecified atom stereocenters. The topological polar surface area (TPSA) is 79.0 Å². The third-order valence-electron chi connectivity index (χ3n) is 5.36. The van der Waals surface area contributed by atoms with Crippen LogP contribution in [0.25, 0.3) is 10.9 Å². The summed E-state index contributed by atoms with van der Waals surface area (Å²) < 4.78 is 42.6. The Labute approximate surface area is 166 Å². The number of sulfone groups is 1. The average molecular weight is 421 g/mol. The molecule has 0 spiro atoms. The zero-order chi connectivity index (χ0) is 20.1. The number of hydrogen-bond donors (Lipinski definition) is 2.